The second-order valence-corrected chi connectivity index (χ2v) is 12.9. The number of alkyl carbamates (subject to hydrolysis) is 1. The van der Waals surface area contributed by atoms with Crippen LogP contribution in [0.25, 0.3) is 0 Å². The fraction of sp³-hybridized carbons (Fsp3) is 0.517. The number of carbonyl (C=O) groups excluding carboxylic acids is 2. The van der Waals surface area contributed by atoms with E-state index in [1.165, 1.54) is 23.5 Å². The Morgan fingerprint density at radius 3 is 2.24 bits per heavy atom. The lowest BCUT2D eigenvalue weighted by Gasteiger charge is -2.31. The smallest absolute Gasteiger partial charge is 0.407 e. The van der Waals surface area contributed by atoms with Crippen LogP contribution in [-0.4, -0.2) is 63.0 Å². The summed E-state index contributed by atoms with van der Waals surface area (Å²) >= 11 is 6.27. The molecule has 3 atom stereocenters. The van der Waals surface area contributed by atoms with E-state index < -0.39 is 28.2 Å². The normalized spacial score (nSPS) is 14.0. The Morgan fingerprint density at radius 2 is 1.66 bits per heavy atom. The number of nitrogens with one attached hydrogen (secondary N) is 2. The first-order valence-electron chi connectivity index (χ1n) is 13.8. The molecule has 10 nitrogen and oxygen atoms in total. The molecular formula is C29H44ClN5O5S. The van der Waals surface area contributed by atoms with Gasteiger partial charge in [-0.2, -0.15) is 4.31 Å². The molecule has 0 spiro atoms. The minimum absolute atomic E-state index is 0.163. The number of amides is 2. The molecule has 0 aliphatic carbocycles. The Labute approximate surface area is 249 Å². The van der Waals surface area contributed by atoms with Gasteiger partial charge in [0.15, 0.2) is 0 Å². The molecule has 2 amide bonds. The van der Waals surface area contributed by atoms with Crippen molar-refractivity contribution in [3.05, 3.63) is 59.1 Å². The molecular weight excluding hydrogens is 566 g/mol. The Balaban J connectivity index is 2.07. The number of hydrogen-bond acceptors (Lipinski definition) is 7. The first-order valence-corrected chi connectivity index (χ1v) is 15.7. The number of nitrogens with zero attached hydrogens (tertiary/aromatic N) is 1. The maximum absolute atomic E-state index is 13.6. The van der Waals surface area contributed by atoms with Crippen LogP contribution in [0.5, 0.6) is 0 Å². The zero-order valence-electron chi connectivity index (χ0n) is 24.3. The highest BCUT2D eigenvalue weighted by atomic mass is 35.5. The van der Waals surface area contributed by atoms with Crippen molar-refractivity contribution in [3.63, 3.8) is 0 Å². The Kier molecular flexibility index (Phi) is 13.9. The van der Waals surface area contributed by atoms with Gasteiger partial charge in [0.2, 0.25) is 15.9 Å². The average Bonchev–Trinajstić information content (AvgIpc) is 2.92. The van der Waals surface area contributed by atoms with Crippen molar-refractivity contribution in [2.24, 2.45) is 11.7 Å². The summed E-state index contributed by atoms with van der Waals surface area (Å²) in [7, 11) is -2.56. The van der Waals surface area contributed by atoms with Crippen molar-refractivity contribution in [2.45, 2.75) is 75.9 Å². The Bertz CT molecular complexity index is 1230. The molecule has 0 aliphatic heterocycles. The molecule has 0 bridgehead atoms. The maximum Gasteiger partial charge on any atom is 0.407 e. The third kappa shape index (κ3) is 10.8. The van der Waals surface area contributed by atoms with E-state index >= 15 is 0 Å². The molecule has 0 aliphatic rings. The molecule has 0 fully saturated rings. The van der Waals surface area contributed by atoms with Gasteiger partial charge in [-0.1, -0.05) is 43.6 Å². The lowest BCUT2D eigenvalue weighted by atomic mass is 10.0. The minimum Gasteiger partial charge on any atom is -0.453 e. The number of methoxy groups -OCH3 is 1. The molecule has 0 heterocycles. The van der Waals surface area contributed by atoms with E-state index in [2.05, 4.69) is 10.6 Å². The highest BCUT2D eigenvalue weighted by Gasteiger charge is 2.31. The van der Waals surface area contributed by atoms with Crippen molar-refractivity contribution in [2.75, 3.05) is 25.9 Å². The molecule has 0 saturated heterocycles. The molecule has 2 rings (SSSR count). The van der Waals surface area contributed by atoms with Crippen LogP contribution in [0.2, 0.25) is 5.02 Å². The van der Waals surface area contributed by atoms with Crippen LogP contribution in [0, 0.1) is 5.92 Å². The van der Waals surface area contributed by atoms with Gasteiger partial charge in [0, 0.05) is 42.3 Å². The molecule has 12 heteroatoms. The number of sulfonamides is 1. The third-order valence-corrected chi connectivity index (χ3v) is 9.17. The van der Waals surface area contributed by atoms with Crippen molar-refractivity contribution in [1.82, 2.24) is 14.9 Å². The lowest BCUT2D eigenvalue weighted by molar-refractivity contribution is -0.123. The molecule has 0 radical (unpaired) electrons. The zero-order chi connectivity index (χ0) is 30.6. The van der Waals surface area contributed by atoms with Crippen LogP contribution < -0.4 is 22.1 Å². The van der Waals surface area contributed by atoms with Crippen LogP contribution in [0.3, 0.4) is 0 Å². The number of halogens is 1. The molecule has 0 unspecified atom stereocenters. The molecule has 228 valence electrons. The number of anilines is 1. The highest BCUT2D eigenvalue weighted by molar-refractivity contribution is 7.89. The predicted molar refractivity (Wildman–Crippen MR) is 163 cm³/mol. The summed E-state index contributed by atoms with van der Waals surface area (Å²) in [6.07, 6.45) is 1.89. The number of rotatable bonds is 16. The van der Waals surface area contributed by atoms with E-state index in [1.807, 2.05) is 26.8 Å². The maximum atomic E-state index is 13.6. The van der Waals surface area contributed by atoms with Gasteiger partial charge in [0.25, 0.3) is 0 Å². The summed E-state index contributed by atoms with van der Waals surface area (Å²) in [5, 5.41) is 6.01. The summed E-state index contributed by atoms with van der Waals surface area (Å²) in [6, 6.07) is 11.7. The van der Waals surface area contributed by atoms with E-state index in [9.17, 15) is 18.0 Å². The van der Waals surface area contributed by atoms with Gasteiger partial charge in [0.1, 0.15) is 6.04 Å². The van der Waals surface area contributed by atoms with Crippen molar-refractivity contribution >= 4 is 39.3 Å². The summed E-state index contributed by atoms with van der Waals surface area (Å²) in [4.78, 5) is 25.2. The van der Waals surface area contributed by atoms with E-state index in [-0.39, 0.29) is 29.8 Å². The van der Waals surface area contributed by atoms with E-state index in [0.29, 0.717) is 54.4 Å². The monoisotopic (exact) mass is 609 g/mol. The van der Waals surface area contributed by atoms with Gasteiger partial charge in [-0.05, 0) is 74.4 Å². The predicted octanol–water partition coefficient (Wildman–Crippen LogP) is 3.93. The molecule has 0 aromatic heterocycles. The number of nitrogens with two attached hydrogens (primary N) is 2. The molecule has 6 N–H and O–H groups in total. The summed E-state index contributed by atoms with van der Waals surface area (Å²) in [6.45, 7) is 6.47. The minimum atomic E-state index is -3.79. The quantitative estimate of drug-likeness (QED) is 0.210. The van der Waals surface area contributed by atoms with Crippen LogP contribution in [0.15, 0.2) is 53.4 Å². The topological polar surface area (TPSA) is 157 Å². The van der Waals surface area contributed by atoms with Crippen LogP contribution in [0.1, 0.15) is 52.0 Å². The number of benzene rings is 2. The number of ether oxygens (including phenoxy) is 1. The Hall–Kier alpha value is -2.86. The summed E-state index contributed by atoms with van der Waals surface area (Å²) < 4.78 is 33.4. The van der Waals surface area contributed by atoms with Crippen molar-refractivity contribution in [1.29, 1.82) is 0 Å². The van der Waals surface area contributed by atoms with Crippen molar-refractivity contribution < 1.29 is 22.7 Å². The fourth-order valence-electron chi connectivity index (χ4n) is 4.41. The fourth-order valence-corrected chi connectivity index (χ4v) is 6.30. The van der Waals surface area contributed by atoms with Gasteiger partial charge in [-0.25, -0.2) is 13.2 Å². The Morgan fingerprint density at radius 1 is 1.00 bits per heavy atom. The van der Waals surface area contributed by atoms with Gasteiger partial charge >= 0.3 is 6.09 Å². The van der Waals surface area contributed by atoms with Gasteiger partial charge in [-0.15, -0.1) is 0 Å². The van der Waals surface area contributed by atoms with Crippen LogP contribution >= 0.6 is 11.6 Å². The molecule has 2 aromatic carbocycles. The van der Waals surface area contributed by atoms with Gasteiger partial charge < -0.3 is 26.8 Å². The third-order valence-electron chi connectivity index (χ3n) is 6.83. The number of nitrogen functional groups attached to an aromatic ring is 1. The largest absolute Gasteiger partial charge is 0.453 e. The van der Waals surface area contributed by atoms with Gasteiger partial charge in [0.05, 0.1) is 12.0 Å². The molecule has 2 aromatic rings. The number of hydrogen-bond donors (Lipinski definition) is 4. The first kappa shape index (κ1) is 34.3. The summed E-state index contributed by atoms with van der Waals surface area (Å²) in [5.74, 6) is -0.0622. The summed E-state index contributed by atoms with van der Waals surface area (Å²) in [5.41, 5.74) is 13.1. The van der Waals surface area contributed by atoms with Crippen LogP contribution in [0.4, 0.5) is 10.5 Å². The van der Waals surface area contributed by atoms with Crippen LogP contribution in [-0.2, 0) is 26.0 Å². The van der Waals surface area contributed by atoms with Crippen molar-refractivity contribution in [3.8, 4) is 0 Å². The number of carbonyl (C=O) groups is 2. The highest BCUT2D eigenvalue weighted by Crippen LogP contribution is 2.23. The first-order chi connectivity index (χ1) is 19.4. The van der Waals surface area contributed by atoms with E-state index in [1.54, 1.807) is 30.3 Å². The van der Waals surface area contributed by atoms with Gasteiger partial charge in [-0.3, -0.25) is 4.79 Å². The second-order valence-electron chi connectivity index (χ2n) is 10.6. The molecule has 0 saturated carbocycles. The standard InChI is InChI=1S/C29H44ClN5O5S/c1-20(2)16-17-35(41(38,39)25-14-12-23(32)13-15-25)24(19-31)10-7-8-21(3)33-28(36)27(34-29(37)40-4)18-22-9-5-6-11-26(22)30/h5-6,9,11-15,20-21,24,27H,7-8,10,16-19,31-32H2,1-4H3,(H,33,36)(H,34,37)/t21-,24-,27-/m0/s1. The SMILES string of the molecule is COC(=O)N[C@@H](Cc1ccccc1Cl)C(=O)N[C@@H](C)CCC[C@@H](CN)N(CCC(C)C)S(=O)(=O)c1ccc(N)cc1. The second kappa shape index (κ2) is 16.5. The zero-order valence-corrected chi connectivity index (χ0v) is 25.9. The average molecular weight is 610 g/mol. The molecule has 41 heavy (non-hydrogen) atoms. The lowest BCUT2D eigenvalue weighted by Crippen LogP contribution is -2.50. The van der Waals surface area contributed by atoms with E-state index in [4.69, 9.17) is 27.8 Å². The van der Waals surface area contributed by atoms with E-state index in [0.717, 1.165) is 0 Å².